The number of likely N-dealkylation sites (tertiary alicyclic amines) is 1. The van der Waals surface area contributed by atoms with Crippen LogP contribution in [-0.2, 0) is 6.54 Å². The lowest BCUT2D eigenvalue weighted by atomic mass is 10.0. The minimum Gasteiger partial charge on any atom is -0.360 e. The molecule has 4 rings (SSSR count). The molecule has 2 fully saturated rings. The minimum atomic E-state index is -0.0257. The number of amides is 1. The first-order valence-electron chi connectivity index (χ1n) is 9.21. The first-order chi connectivity index (χ1) is 12.2. The van der Waals surface area contributed by atoms with E-state index in [9.17, 15) is 4.79 Å². The van der Waals surface area contributed by atoms with Gasteiger partial charge in [-0.15, -0.1) is 0 Å². The number of piperidine rings is 1. The summed E-state index contributed by atoms with van der Waals surface area (Å²) in [5, 5.41) is 4.00. The van der Waals surface area contributed by atoms with Gasteiger partial charge in [0.15, 0.2) is 5.69 Å². The fraction of sp³-hybridized carbons (Fsp3) is 0.500. The summed E-state index contributed by atoms with van der Waals surface area (Å²) in [6.07, 6.45) is 4.45. The van der Waals surface area contributed by atoms with Gasteiger partial charge in [-0.05, 0) is 37.8 Å². The van der Waals surface area contributed by atoms with E-state index in [-0.39, 0.29) is 11.9 Å². The number of hydrogen-bond donors (Lipinski definition) is 0. The third kappa shape index (κ3) is 3.76. The topological polar surface area (TPSA) is 49.6 Å². The molecule has 1 atom stereocenters. The molecule has 2 heterocycles. The average molecular weight is 339 g/mol. The second kappa shape index (κ2) is 7.00. The zero-order valence-electron chi connectivity index (χ0n) is 14.7. The number of likely N-dealkylation sites (N-methyl/N-ethyl adjacent to an activating group) is 1. The Bertz CT molecular complexity index is 724. The largest absolute Gasteiger partial charge is 0.360 e. The Hall–Kier alpha value is -2.14. The Morgan fingerprint density at radius 3 is 2.84 bits per heavy atom. The van der Waals surface area contributed by atoms with Crippen LogP contribution in [0.5, 0.6) is 0 Å². The SMILES string of the molecule is CN(C(=O)c1cc(C2CC2)on1)[C@H]1CCCN(Cc2ccccc2)C1. The highest BCUT2D eigenvalue weighted by molar-refractivity contribution is 5.92. The highest BCUT2D eigenvalue weighted by Crippen LogP contribution is 2.40. The summed E-state index contributed by atoms with van der Waals surface area (Å²) in [7, 11) is 1.89. The maximum atomic E-state index is 12.8. The van der Waals surface area contributed by atoms with Crippen molar-refractivity contribution in [3.8, 4) is 0 Å². The predicted octanol–water partition coefficient (Wildman–Crippen LogP) is 3.29. The normalized spacial score (nSPS) is 21.2. The van der Waals surface area contributed by atoms with Gasteiger partial charge in [0.1, 0.15) is 5.76 Å². The summed E-state index contributed by atoms with van der Waals surface area (Å²) in [6, 6.07) is 12.6. The zero-order chi connectivity index (χ0) is 17.2. The maximum Gasteiger partial charge on any atom is 0.276 e. The van der Waals surface area contributed by atoms with Crippen LogP contribution in [0.3, 0.4) is 0 Å². The van der Waals surface area contributed by atoms with Crippen LogP contribution >= 0.6 is 0 Å². The first kappa shape index (κ1) is 16.3. The van der Waals surface area contributed by atoms with Crippen molar-refractivity contribution in [3.05, 3.63) is 53.4 Å². The summed E-state index contributed by atoms with van der Waals surface area (Å²) in [6.45, 7) is 2.93. The second-order valence-electron chi connectivity index (χ2n) is 7.32. The lowest BCUT2D eigenvalue weighted by Crippen LogP contribution is -2.48. The average Bonchev–Trinajstić information content (AvgIpc) is 3.38. The zero-order valence-corrected chi connectivity index (χ0v) is 14.7. The molecule has 5 heteroatoms. The molecule has 1 aliphatic carbocycles. The Morgan fingerprint density at radius 2 is 2.08 bits per heavy atom. The monoisotopic (exact) mass is 339 g/mol. The lowest BCUT2D eigenvalue weighted by molar-refractivity contribution is 0.0599. The van der Waals surface area contributed by atoms with Crippen LogP contribution in [0, 0.1) is 0 Å². The van der Waals surface area contributed by atoms with Gasteiger partial charge in [-0.25, -0.2) is 0 Å². The van der Waals surface area contributed by atoms with Crippen LogP contribution in [0.15, 0.2) is 40.9 Å². The summed E-state index contributed by atoms with van der Waals surface area (Å²) >= 11 is 0. The van der Waals surface area contributed by atoms with Crippen LogP contribution in [-0.4, -0.2) is 47.0 Å². The molecule has 0 N–H and O–H groups in total. The Kier molecular flexibility index (Phi) is 4.57. The number of carbonyl (C=O) groups is 1. The Morgan fingerprint density at radius 1 is 1.28 bits per heavy atom. The van der Waals surface area contributed by atoms with E-state index < -0.39 is 0 Å². The maximum absolute atomic E-state index is 12.8. The van der Waals surface area contributed by atoms with Crippen molar-refractivity contribution < 1.29 is 9.32 Å². The quantitative estimate of drug-likeness (QED) is 0.839. The van der Waals surface area contributed by atoms with E-state index >= 15 is 0 Å². The van der Waals surface area contributed by atoms with Gasteiger partial charge < -0.3 is 9.42 Å². The molecule has 2 aromatic rings. The Labute approximate surface area is 148 Å². The number of hydrogen-bond acceptors (Lipinski definition) is 4. The second-order valence-corrected chi connectivity index (χ2v) is 7.32. The van der Waals surface area contributed by atoms with Crippen LogP contribution in [0.4, 0.5) is 0 Å². The number of nitrogens with zero attached hydrogens (tertiary/aromatic N) is 3. The van der Waals surface area contributed by atoms with Crippen molar-refractivity contribution in [1.82, 2.24) is 15.0 Å². The fourth-order valence-electron chi connectivity index (χ4n) is 3.63. The lowest BCUT2D eigenvalue weighted by Gasteiger charge is -2.37. The molecule has 0 bridgehead atoms. The van der Waals surface area contributed by atoms with E-state index in [4.69, 9.17) is 4.52 Å². The third-order valence-corrected chi connectivity index (χ3v) is 5.32. The fourth-order valence-corrected chi connectivity index (χ4v) is 3.63. The standard InChI is InChI=1S/C20H25N3O2/c1-22(20(24)18-12-19(25-21-18)16-9-10-16)17-8-5-11-23(14-17)13-15-6-3-2-4-7-15/h2-4,6-7,12,16-17H,5,8-11,13-14H2,1H3/t17-/m0/s1. The van der Waals surface area contributed by atoms with Crippen LogP contribution in [0.1, 0.15) is 53.4 Å². The van der Waals surface area contributed by atoms with Crippen molar-refractivity contribution in [1.29, 1.82) is 0 Å². The van der Waals surface area contributed by atoms with Gasteiger partial charge in [0.05, 0.1) is 0 Å². The van der Waals surface area contributed by atoms with Gasteiger partial charge in [-0.3, -0.25) is 9.69 Å². The van der Waals surface area contributed by atoms with Crippen molar-refractivity contribution in [2.75, 3.05) is 20.1 Å². The number of carbonyl (C=O) groups excluding carboxylic acids is 1. The molecular formula is C20H25N3O2. The molecule has 0 radical (unpaired) electrons. The minimum absolute atomic E-state index is 0.0257. The van der Waals surface area contributed by atoms with Crippen LogP contribution in [0.25, 0.3) is 0 Å². The summed E-state index contributed by atoms with van der Waals surface area (Å²) in [4.78, 5) is 17.0. The molecule has 1 saturated carbocycles. The van der Waals surface area contributed by atoms with E-state index in [2.05, 4.69) is 34.3 Å². The summed E-state index contributed by atoms with van der Waals surface area (Å²) in [5.74, 6) is 1.32. The first-order valence-corrected chi connectivity index (χ1v) is 9.21. The summed E-state index contributed by atoms with van der Waals surface area (Å²) in [5.41, 5.74) is 1.77. The van der Waals surface area contributed by atoms with Gasteiger partial charge in [-0.2, -0.15) is 0 Å². The van der Waals surface area contributed by atoms with Crippen molar-refractivity contribution in [2.45, 2.75) is 44.2 Å². The van der Waals surface area contributed by atoms with Gasteiger partial charge in [0.2, 0.25) is 0 Å². The molecule has 0 unspecified atom stereocenters. The molecule has 5 nitrogen and oxygen atoms in total. The smallest absolute Gasteiger partial charge is 0.276 e. The number of benzene rings is 1. The number of aromatic nitrogens is 1. The van der Waals surface area contributed by atoms with E-state index in [1.165, 1.54) is 5.56 Å². The molecule has 132 valence electrons. The predicted molar refractivity (Wildman–Crippen MR) is 95.3 cm³/mol. The molecule has 1 amide bonds. The summed E-state index contributed by atoms with van der Waals surface area (Å²) < 4.78 is 5.34. The van der Waals surface area contributed by atoms with Gasteiger partial charge in [0, 0.05) is 38.2 Å². The molecule has 2 aliphatic rings. The molecule has 0 spiro atoms. The molecule has 1 aromatic heterocycles. The van der Waals surface area contributed by atoms with Crippen LogP contribution in [0.2, 0.25) is 0 Å². The number of rotatable bonds is 5. The Balaban J connectivity index is 1.38. The van der Waals surface area contributed by atoms with Crippen LogP contribution < -0.4 is 0 Å². The van der Waals surface area contributed by atoms with Crippen molar-refractivity contribution in [2.24, 2.45) is 0 Å². The molecule has 1 aliphatic heterocycles. The van der Waals surface area contributed by atoms with Gasteiger partial charge in [-0.1, -0.05) is 35.5 Å². The van der Waals surface area contributed by atoms with E-state index in [0.29, 0.717) is 11.6 Å². The van der Waals surface area contributed by atoms with Crippen molar-refractivity contribution in [3.63, 3.8) is 0 Å². The molecular weight excluding hydrogens is 314 g/mol. The molecule has 1 saturated heterocycles. The van der Waals surface area contributed by atoms with E-state index in [0.717, 1.165) is 51.1 Å². The highest BCUT2D eigenvalue weighted by atomic mass is 16.5. The third-order valence-electron chi connectivity index (χ3n) is 5.32. The molecule has 25 heavy (non-hydrogen) atoms. The van der Waals surface area contributed by atoms with Gasteiger partial charge >= 0.3 is 0 Å². The van der Waals surface area contributed by atoms with Gasteiger partial charge in [0.25, 0.3) is 5.91 Å². The molecule has 1 aromatic carbocycles. The highest BCUT2D eigenvalue weighted by Gasteiger charge is 2.31. The van der Waals surface area contributed by atoms with E-state index in [1.54, 1.807) is 0 Å². The van der Waals surface area contributed by atoms with Crippen molar-refractivity contribution >= 4 is 5.91 Å². The van der Waals surface area contributed by atoms with E-state index in [1.807, 2.05) is 24.1 Å².